The van der Waals surface area contributed by atoms with E-state index in [1.165, 1.54) is 0 Å². The minimum Gasteiger partial charge on any atom is -0.493 e. The molecule has 2 aromatic carbocycles. The van der Waals surface area contributed by atoms with E-state index >= 15 is 0 Å². The van der Waals surface area contributed by atoms with Crippen molar-refractivity contribution < 1.29 is 9.66 Å². The van der Waals surface area contributed by atoms with E-state index in [9.17, 15) is 10.1 Å². The Morgan fingerprint density at radius 1 is 1.04 bits per heavy atom. The van der Waals surface area contributed by atoms with Crippen molar-refractivity contribution in [3.8, 4) is 28.1 Å². The third kappa shape index (κ3) is 4.74. The van der Waals surface area contributed by atoms with E-state index in [2.05, 4.69) is 18.8 Å². The average Bonchev–Trinajstić information content (AvgIpc) is 2.71. The molecule has 0 atom stereocenters. The highest BCUT2D eigenvalue weighted by Crippen LogP contribution is 2.40. The Labute approximate surface area is 165 Å². The van der Waals surface area contributed by atoms with Crippen molar-refractivity contribution in [2.24, 2.45) is 5.92 Å². The summed E-state index contributed by atoms with van der Waals surface area (Å²) < 4.78 is 6.08. The van der Waals surface area contributed by atoms with E-state index in [-0.39, 0.29) is 10.6 Å². The molecule has 0 bridgehead atoms. The first-order chi connectivity index (χ1) is 13.6. The van der Waals surface area contributed by atoms with Gasteiger partial charge in [-0.1, -0.05) is 50.2 Å². The molecule has 0 amide bonds. The lowest BCUT2D eigenvalue weighted by atomic mass is 9.99. The van der Waals surface area contributed by atoms with Crippen LogP contribution in [0.15, 0.2) is 66.9 Å². The van der Waals surface area contributed by atoms with E-state index in [0.29, 0.717) is 35.1 Å². The van der Waals surface area contributed by atoms with Crippen LogP contribution in [0.25, 0.3) is 22.4 Å². The van der Waals surface area contributed by atoms with Gasteiger partial charge in [-0.05, 0) is 42.5 Å². The van der Waals surface area contributed by atoms with E-state index in [0.717, 1.165) is 18.4 Å². The summed E-state index contributed by atoms with van der Waals surface area (Å²) in [4.78, 5) is 15.8. The van der Waals surface area contributed by atoms with Crippen LogP contribution in [0.5, 0.6) is 5.75 Å². The monoisotopic (exact) mass is 376 g/mol. The van der Waals surface area contributed by atoms with Gasteiger partial charge in [-0.3, -0.25) is 15.1 Å². The molecule has 28 heavy (non-hydrogen) atoms. The van der Waals surface area contributed by atoms with Crippen LogP contribution in [0.2, 0.25) is 0 Å². The van der Waals surface area contributed by atoms with Gasteiger partial charge in [0.05, 0.1) is 22.8 Å². The Hall–Kier alpha value is -3.21. The molecule has 0 spiro atoms. The highest BCUT2D eigenvalue weighted by atomic mass is 16.6. The van der Waals surface area contributed by atoms with Gasteiger partial charge in [0.2, 0.25) is 0 Å². The second kappa shape index (κ2) is 9.13. The van der Waals surface area contributed by atoms with Crippen molar-refractivity contribution >= 4 is 5.69 Å². The number of hydrogen-bond donors (Lipinski definition) is 0. The summed E-state index contributed by atoms with van der Waals surface area (Å²) in [7, 11) is 0. The van der Waals surface area contributed by atoms with Crippen molar-refractivity contribution in [3.05, 3.63) is 77.0 Å². The van der Waals surface area contributed by atoms with Gasteiger partial charge in [-0.2, -0.15) is 0 Å². The minimum absolute atomic E-state index is 0.0429. The van der Waals surface area contributed by atoms with Crippen molar-refractivity contribution in [1.29, 1.82) is 0 Å². The molecule has 3 rings (SSSR count). The van der Waals surface area contributed by atoms with Gasteiger partial charge in [-0.15, -0.1) is 0 Å². The van der Waals surface area contributed by atoms with Gasteiger partial charge in [0, 0.05) is 17.8 Å². The molecule has 1 heterocycles. The van der Waals surface area contributed by atoms with E-state index < -0.39 is 0 Å². The fourth-order valence-electron chi connectivity index (χ4n) is 3.08. The average molecular weight is 376 g/mol. The van der Waals surface area contributed by atoms with Crippen LogP contribution in [0.3, 0.4) is 0 Å². The first kappa shape index (κ1) is 19.5. The molecule has 0 aliphatic heterocycles. The summed E-state index contributed by atoms with van der Waals surface area (Å²) in [5, 5.41) is 11.8. The molecule has 0 fully saturated rings. The number of nitrogens with zero attached hydrogens (tertiary/aromatic N) is 2. The lowest BCUT2D eigenvalue weighted by Crippen LogP contribution is -2.03. The van der Waals surface area contributed by atoms with E-state index in [4.69, 9.17) is 4.74 Å². The molecule has 0 saturated carbocycles. The molecule has 0 saturated heterocycles. The maximum atomic E-state index is 11.8. The van der Waals surface area contributed by atoms with Crippen molar-refractivity contribution in [2.75, 3.05) is 6.61 Å². The Kier molecular flexibility index (Phi) is 6.37. The second-order valence-electron chi connectivity index (χ2n) is 7.09. The Bertz CT molecular complexity index is 925. The molecular formula is C23H24N2O3. The number of nitro benzene ring substituents is 1. The van der Waals surface area contributed by atoms with Crippen LogP contribution in [0.4, 0.5) is 5.69 Å². The first-order valence-electron chi connectivity index (χ1n) is 9.48. The zero-order chi connectivity index (χ0) is 19.9. The van der Waals surface area contributed by atoms with Crippen molar-refractivity contribution in [3.63, 3.8) is 0 Å². The summed E-state index contributed by atoms with van der Waals surface area (Å²) in [6.07, 6.45) is 3.67. The van der Waals surface area contributed by atoms with Crippen molar-refractivity contribution in [1.82, 2.24) is 4.98 Å². The Balaban J connectivity index is 2.07. The minimum atomic E-state index is -0.350. The standard InChI is InChI=1S/C23H24N2O3/c1-17(2)9-8-14-28-23-16-19(18-10-4-3-5-11-18)22(25(26)27)15-20(23)21-12-6-7-13-24-21/h3-7,10-13,15-17H,8-9,14H2,1-2H3. The highest BCUT2D eigenvalue weighted by molar-refractivity contribution is 5.82. The summed E-state index contributed by atoms with van der Waals surface area (Å²) in [5.41, 5.74) is 2.67. The maximum Gasteiger partial charge on any atom is 0.278 e. The third-order valence-corrected chi connectivity index (χ3v) is 4.50. The van der Waals surface area contributed by atoms with Crippen molar-refractivity contribution in [2.45, 2.75) is 26.7 Å². The number of hydrogen-bond acceptors (Lipinski definition) is 4. The van der Waals surface area contributed by atoms with Gasteiger partial charge in [0.25, 0.3) is 5.69 Å². The zero-order valence-corrected chi connectivity index (χ0v) is 16.2. The second-order valence-corrected chi connectivity index (χ2v) is 7.09. The van der Waals surface area contributed by atoms with Crippen LogP contribution in [-0.4, -0.2) is 16.5 Å². The molecular weight excluding hydrogens is 352 g/mol. The van der Waals surface area contributed by atoms with Gasteiger partial charge >= 0.3 is 0 Å². The lowest BCUT2D eigenvalue weighted by molar-refractivity contribution is -0.384. The van der Waals surface area contributed by atoms with Gasteiger partial charge in [0.1, 0.15) is 5.75 Å². The number of ether oxygens (including phenoxy) is 1. The molecule has 5 heteroatoms. The van der Waals surface area contributed by atoms with E-state index in [1.54, 1.807) is 18.3 Å². The fraction of sp³-hybridized carbons (Fsp3) is 0.261. The summed E-state index contributed by atoms with van der Waals surface area (Å²) in [6.45, 7) is 4.92. The highest BCUT2D eigenvalue weighted by Gasteiger charge is 2.21. The van der Waals surface area contributed by atoms with Crippen LogP contribution >= 0.6 is 0 Å². The summed E-state index contributed by atoms with van der Waals surface area (Å²) >= 11 is 0. The van der Waals surface area contributed by atoms with Gasteiger partial charge < -0.3 is 4.74 Å². The van der Waals surface area contributed by atoms with Crippen LogP contribution < -0.4 is 4.74 Å². The molecule has 0 unspecified atom stereocenters. The van der Waals surface area contributed by atoms with E-state index in [1.807, 2.05) is 48.5 Å². The number of rotatable bonds is 8. The maximum absolute atomic E-state index is 11.8. The summed E-state index contributed by atoms with van der Waals surface area (Å²) in [5.74, 6) is 1.22. The fourth-order valence-corrected chi connectivity index (χ4v) is 3.08. The number of pyridine rings is 1. The van der Waals surface area contributed by atoms with Gasteiger partial charge in [-0.25, -0.2) is 0 Å². The smallest absolute Gasteiger partial charge is 0.278 e. The molecule has 0 aliphatic carbocycles. The third-order valence-electron chi connectivity index (χ3n) is 4.50. The summed E-state index contributed by atoms with van der Waals surface area (Å²) in [6, 6.07) is 18.2. The number of benzene rings is 2. The molecule has 3 aromatic rings. The topological polar surface area (TPSA) is 65.3 Å². The molecule has 0 N–H and O–H groups in total. The first-order valence-corrected chi connectivity index (χ1v) is 9.48. The largest absolute Gasteiger partial charge is 0.493 e. The molecule has 0 radical (unpaired) electrons. The van der Waals surface area contributed by atoms with Crippen LogP contribution in [0, 0.1) is 16.0 Å². The SMILES string of the molecule is CC(C)CCCOc1cc(-c2ccccc2)c([N+](=O)[O-])cc1-c1ccccn1. The van der Waals surface area contributed by atoms with Crippen LogP contribution in [0.1, 0.15) is 26.7 Å². The molecule has 1 aromatic heterocycles. The predicted molar refractivity (Wildman–Crippen MR) is 111 cm³/mol. The quantitative estimate of drug-likeness (QED) is 0.269. The Morgan fingerprint density at radius 3 is 2.43 bits per heavy atom. The van der Waals surface area contributed by atoms with Gasteiger partial charge in [0.15, 0.2) is 0 Å². The Morgan fingerprint density at radius 2 is 1.79 bits per heavy atom. The number of nitro groups is 1. The molecule has 144 valence electrons. The predicted octanol–water partition coefficient (Wildman–Crippen LogP) is 6.14. The molecule has 5 nitrogen and oxygen atoms in total. The number of aromatic nitrogens is 1. The normalized spacial score (nSPS) is 10.8. The van der Waals surface area contributed by atoms with Crippen LogP contribution in [-0.2, 0) is 0 Å². The lowest BCUT2D eigenvalue weighted by Gasteiger charge is -2.14. The zero-order valence-electron chi connectivity index (χ0n) is 16.2. The molecule has 0 aliphatic rings.